The molecule has 15 heavy (non-hydrogen) atoms. The minimum atomic E-state index is -0.397. The lowest BCUT2D eigenvalue weighted by Gasteiger charge is -2.33. The zero-order valence-corrected chi connectivity index (χ0v) is 8.95. The van der Waals surface area contributed by atoms with Gasteiger partial charge in [-0.05, 0) is 44.4 Å². The van der Waals surface area contributed by atoms with Crippen LogP contribution in [0.2, 0.25) is 0 Å². The second-order valence-corrected chi connectivity index (χ2v) is 5.04. The van der Waals surface area contributed by atoms with Gasteiger partial charge in [0.15, 0.2) is 0 Å². The van der Waals surface area contributed by atoms with Crippen molar-refractivity contribution in [3.8, 4) is 0 Å². The smallest absolute Gasteiger partial charge is 0.247 e. The highest BCUT2D eigenvalue weighted by Crippen LogP contribution is 2.58. The summed E-state index contributed by atoms with van der Waals surface area (Å²) in [6, 6.07) is 0. The highest BCUT2D eigenvalue weighted by Gasteiger charge is 2.51. The summed E-state index contributed by atoms with van der Waals surface area (Å²) in [4.78, 5) is 22.9. The van der Waals surface area contributed by atoms with E-state index in [1.165, 1.54) is 12.8 Å². The topological polar surface area (TPSA) is 66.4 Å². The minimum Gasteiger partial charge on any atom is -0.300 e. The number of hydrogen-bond acceptors (Lipinski definition) is 3. The maximum atomic E-state index is 11.5. The molecule has 0 aromatic carbocycles. The largest absolute Gasteiger partial charge is 0.300 e. The summed E-state index contributed by atoms with van der Waals surface area (Å²) in [7, 11) is 0. The lowest BCUT2D eigenvalue weighted by molar-refractivity contribution is -0.141. The number of carbonyl (C=O) groups is 2. The first kappa shape index (κ1) is 10.6. The Kier molecular flexibility index (Phi) is 2.54. The van der Waals surface area contributed by atoms with Crippen LogP contribution in [0.3, 0.4) is 0 Å². The van der Waals surface area contributed by atoms with Crippen molar-refractivity contribution in [2.75, 3.05) is 0 Å². The van der Waals surface area contributed by atoms with Crippen LogP contribution in [0.1, 0.15) is 39.0 Å². The SMILES string of the molecule is CC(=O)[C@H]1CC2(CC[C@@H]1C(=O)NO)CC2. The molecular formula is C11H17NO3. The van der Waals surface area contributed by atoms with Crippen LogP contribution in [-0.4, -0.2) is 16.9 Å². The third-order valence-electron chi connectivity index (χ3n) is 4.05. The van der Waals surface area contributed by atoms with Crippen LogP contribution in [0.4, 0.5) is 0 Å². The van der Waals surface area contributed by atoms with E-state index < -0.39 is 5.91 Å². The number of amides is 1. The number of hydroxylamine groups is 1. The molecular weight excluding hydrogens is 194 g/mol. The van der Waals surface area contributed by atoms with Gasteiger partial charge < -0.3 is 0 Å². The maximum Gasteiger partial charge on any atom is 0.247 e. The van der Waals surface area contributed by atoms with E-state index in [0.717, 1.165) is 19.3 Å². The Balaban J connectivity index is 2.10. The van der Waals surface area contributed by atoms with Crippen molar-refractivity contribution in [3.63, 3.8) is 0 Å². The predicted octanol–water partition coefficient (Wildman–Crippen LogP) is 1.28. The van der Waals surface area contributed by atoms with Gasteiger partial charge in [-0.1, -0.05) is 0 Å². The molecule has 0 unspecified atom stereocenters. The van der Waals surface area contributed by atoms with Crippen molar-refractivity contribution in [1.82, 2.24) is 5.48 Å². The molecule has 2 aliphatic rings. The molecule has 2 aliphatic carbocycles. The second kappa shape index (κ2) is 3.59. The fraction of sp³-hybridized carbons (Fsp3) is 0.818. The Hall–Kier alpha value is -0.900. The molecule has 0 aromatic heterocycles. The molecule has 0 saturated heterocycles. The quantitative estimate of drug-likeness (QED) is 0.534. The van der Waals surface area contributed by atoms with Gasteiger partial charge in [-0.2, -0.15) is 0 Å². The van der Waals surface area contributed by atoms with Crippen LogP contribution in [0.15, 0.2) is 0 Å². The molecule has 0 bridgehead atoms. The van der Waals surface area contributed by atoms with Crippen LogP contribution >= 0.6 is 0 Å². The van der Waals surface area contributed by atoms with E-state index in [-0.39, 0.29) is 17.6 Å². The highest BCUT2D eigenvalue weighted by atomic mass is 16.5. The fourth-order valence-corrected chi connectivity index (χ4v) is 2.83. The third kappa shape index (κ3) is 1.91. The first-order chi connectivity index (χ1) is 7.08. The molecule has 1 amide bonds. The predicted molar refractivity (Wildman–Crippen MR) is 53.1 cm³/mol. The van der Waals surface area contributed by atoms with E-state index in [9.17, 15) is 9.59 Å². The Morgan fingerprint density at radius 3 is 2.40 bits per heavy atom. The molecule has 1 spiro atoms. The van der Waals surface area contributed by atoms with Crippen LogP contribution < -0.4 is 5.48 Å². The van der Waals surface area contributed by atoms with Gasteiger partial charge >= 0.3 is 0 Å². The van der Waals surface area contributed by atoms with Gasteiger partial charge in [-0.3, -0.25) is 14.8 Å². The molecule has 4 nitrogen and oxygen atoms in total. The zero-order valence-electron chi connectivity index (χ0n) is 8.95. The van der Waals surface area contributed by atoms with E-state index in [1.807, 2.05) is 0 Å². The van der Waals surface area contributed by atoms with Crippen molar-refractivity contribution < 1.29 is 14.8 Å². The number of nitrogens with one attached hydrogen (secondary N) is 1. The van der Waals surface area contributed by atoms with Gasteiger partial charge in [0.05, 0.1) is 0 Å². The Bertz CT molecular complexity index is 296. The average molecular weight is 211 g/mol. The number of ketones is 1. The lowest BCUT2D eigenvalue weighted by atomic mass is 9.70. The molecule has 2 saturated carbocycles. The maximum absolute atomic E-state index is 11.5. The summed E-state index contributed by atoms with van der Waals surface area (Å²) in [6.07, 6.45) is 4.99. The summed E-state index contributed by atoms with van der Waals surface area (Å²) in [6.45, 7) is 1.55. The molecule has 2 N–H and O–H groups in total. The van der Waals surface area contributed by atoms with Crippen LogP contribution in [0, 0.1) is 17.3 Å². The standard InChI is InChI=1S/C11H17NO3/c1-7(13)9-6-11(4-5-11)3-2-8(9)10(14)12-15/h8-9,15H,2-6H2,1H3,(H,12,14)/t8-,9+/m0/s1. The molecule has 0 heterocycles. The van der Waals surface area contributed by atoms with Crippen molar-refractivity contribution >= 4 is 11.7 Å². The molecule has 0 aromatic rings. The third-order valence-corrected chi connectivity index (χ3v) is 4.05. The Morgan fingerprint density at radius 2 is 1.93 bits per heavy atom. The number of rotatable bonds is 2. The van der Waals surface area contributed by atoms with Crippen LogP contribution in [0.25, 0.3) is 0 Å². The summed E-state index contributed by atoms with van der Waals surface area (Å²) >= 11 is 0. The molecule has 0 radical (unpaired) electrons. The molecule has 2 fully saturated rings. The van der Waals surface area contributed by atoms with Gasteiger partial charge in [-0.25, -0.2) is 5.48 Å². The summed E-state index contributed by atoms with van der Waals surface area (Å²) in [5, 5.41) is 8.62. The van der Waals surface area contributed by atoms with Crippen LogP contribution in [-0.2, 0) is 9.59 Å². The van der Waals surface area contributed by atoms with Gasteiger partial charge in [0.2, 0.25) is 5.91 Å². The van der Waals surface area contributed by atoms with Gasteiger partial charge in [-0.15, -0.1) is 0 Å². The Labute approximate surface area is 89.0 Å². The van der Waals surface area contributed by atoms with E-state index in [0.29, 0.717) is 5.41 Å². The lowest BCUT2D eigenvalue weighted by Crippen LogP contribution is -2.40. The zero-order chi connectivity index (χ0) is 11.1. The van der Waals surface area contributed by atoms with E-state index >= 15 is 0 Å². The molecule has 84 valence electrons. The van der Waals surface area contributed by atoms with Crippen molar-refractivity contribution in [3.05, 3.63) is 0 Å². The summed E-state index contributed by atoms with van der Waals surface area (Å²) in [5.74, 6) is -0.826. The highest BCUT2D eigenvalue weighted by molar-refractivity contribution is 5.87. The molecule has 2 atom stereocenters. The van der Waals surface area contributed by atoms with E-state index in [2.05, 4.69) is 0 Å². The second-order valence-electron chi connectivity index (χ2n) is 5.04. The van der Waals surface area contributed by atoms with E-state index in [4.69, 9.17) is 5.21 Å². The Morgan fingerprint density at radius 1 is 1.27 bits per heavy atom. The number of Topliss-reactive ketones (excluding diaryl/α,β-unsaturated/α-hetero) is 1. The van der Waals surface area contributed by atoms with Crippen molar-refractivity contribution in [1.29, 1.82) is 0 Å². The minimum absolute atomic E-state index is 0.0783. The first-order valence-electron chi connectivity index (χ1n) is 5.52. The van der Waals surface area contributed by atoms with Gasteiger partial charge in [0.1, 0.15) is 5.78 Å². The molecule has 4 heteroatoms. The monoisotopic (exact) mass is 211 g/mol. The van der Waals surface area contributed by atoms with Crippen molar-refractivity contribution in [2.45, 2.75) is 39.0 Å². The number of carbonyl (C=O) groups excluding carboxylic acids is 2. The number of hydrogen-bond donors (Lipinski definition) is 2. The summed E-state index contributed by atoms with van der Waals surface area (Å²) < 4.78 is 0. The van der Waals surface area contributed by atoms with Crippen LogP contribution in [0.5, 0.6) is 0 Å². The molecule has 0 aliphatic heterocycles. The van der Waals surface area contributed by atoms with Crippen molar-refractivity contribution in [2.24, 2.45) is 17.3 Å². The fourth-order valence-electron chi connectivity index (χ4n) is 2.83. The van der Waals surface area contributed by atoms with Gasteiger partial charge in [0, 0.05) is 11.8 Å². The van der Waals surface area contributed by atoms with Gasteiger partial charge in [0.25, 0.3) is 0 Å². The average Bonchev–Trinajstić information content (AvgIpc) is 2.96. The van der Waals surface area contributed by atoms with E-state index in [1.54, 1.807) is 12.4 Å². The first-order valence-corrected chi connectivity index (χ1v) is 5.52. The normalized spacial score (nSPS) is 32.4. The molecule has 2 rings (SSSR count). The summed E-state index contributed by atoms with van der Waals surface area (Å²) in [5.41, 5.74) is 2.04.